The maximum atomic E-state index is 5.49. The molecule has 2 radical (unpaired) electrons. The second-order valence-corrected chi connectivity index (χ2v) is 2.44. The largest absolute Gasteiger partial charge is 0.302 e. The minimum absolute atomic E-state index is 0.513. The summed E-state index contributed by atoms with van der Waals surface area (Å²) < 4.78 is 1.91. The highest BCUT2D eigenvalue weighted by molar-refractivity contribution is 6.30. The van der Waals surface area contributed by atoms with Crippen molar-refractivity contribution < 1.29 is 0 Å². The molecule has 0 amide bonds. The van der Waals surface area contributed by atoms with Crippen LogP contribution in [0.25, 0.3) is 5.65 Å². The van der Waals surface area contributed by atoms with Crippen LogP contribution in [0.4, 0.5) is 0 Å². The van der Waals surface area contributed by atoms with Crippen LogP contribution < -0.4 is 5.59 Å². The van der Waals surface area contributed by atoms with Crippen LogP contribution >= 0.6 is 0 Å². The third-order valence-corrected chi connectivity index (χ3v) is 1.60. The van der Waals surface area contributed by atoms with E-state index in [9.17, 15) is 0 Å². The first-order valence-electron chi connectivity index (χ1n) is 3.32. The molecule has 4 heteroatoms. The number of nitrogens with zero attached hydrogens (tertiary/aromatic N) is 3. The highest BCUT2D eigenvalue weighted by Gasteiger charge is 1.96. The number of fused-ring (bicyclic) bond motifs is 1. The summed E-state index contributed by atoms with van der Waals surface area (Å²) in [5.41, 5.74) is 2.41. The Bertz CT molecular complexity index is 393. The van der Waals surface area contributed by atoms with Crippen molar-refractivity contribution in [1.82, 2.24) is 14.4 Å². The smallest absolute Gasteiger partial charge is 0.155 e. The van der Waals surface area contributed by atoms with Gasteiger partial charge in [0.2, 0.25) is 0 Å². The Balaban J connectivity index is 2.87. The van der Waals surface area contributed by atoms with E-state index in [1.54, 1.807) is 18.6 Å². The molecule has 11 heavy (non-hydrogen) atoms. The molecular formula is C7H6BN3. The standard InChI is InChI=1S/C7H6BN3/c1-5-2-10-7-3-9-6(8)4-11(5)7/h2-4H,1H3. The third-order valence-electron chi connectivity index (χ3n) is 1.60. The van der Waals surface area contributed by atoms with Gasteiger partial charge in [0.05, 0.1) is 6.20 Å². The second-order valence-electron chi connectivity index (χ2n) is 2.44. The summed E-state index contributed by atoms with van der Waals surface area (Å²) in [7, 11) is 5.49. The van der Waals surface area contributed by atoms with E-state index in [1.807, 2.05) is 11.3 Å². The molecule has 0 N–H and O–H groups in total. The average Bonchev–Trinajstić information content (AvgIpc) is 2.33. The van der Waals surface area contributed by atoms with Gasteiger partial charge in [-0.2, -0.15) is 0 Å². The zero-order valence-corrected chi connectivity index (χ0v) is 6.15. The molecular weight excluding hydrogens is 137 g/mol. The van der Waals surface area contributed by atoms with E-state index in [0.717, 1.165) is 11.3 Å². The quantitative estimate of drug-likeness (QED) is 0.479. The lowest BCUT2D eigenvalue weighted by Gasteiger charge is -1.96. The zero-order valence-electron chi connectivity index (χ0n) is 6.15. The van der Waals surface area contributed by atoms with Gasteiger partial charge in [-0.05, 0) is 6.92 Å². The normalized spacial score (nSPS) is 10.6. The average molecular weight is 143 g/mol. The molecule has 0 aliphatic heterocycles. The van der Waals surface area contributed by atoms with Crippen molar-refractivity contribution in [1.29, 1.82) is 0 Å². The second kappa shape index (κ2) is 2.08. The maximum Gasteiger partial charge on any atom is 0.155 e. The molecule has 2 aromatic heterocycles. The number of aromatic nitrogens is 3. The lowest BCUT2D eigenvalue weighted by atomic mass is 10.1. The van der Waals surface area contributed by atoms with E-state index in [2.05, 4.69) is 9.97 Å². The van der Waals surface area contributed by atoms with E-state index in [-0.39, 0.29) is 0 Å². The summed E-state index contributed by atoms with van der Waals surface area (Å²) in [6.45, 7) is 1.97. The van der Waals surface area contributed by atoms with Crippen molar-refractivity contribution in [2.75, 3.05) is 0 Å². The van der Waals surface area contributed by atoms with Gasteiger partial charge in [0.15, 0.2) is 5.65 Å². The highest BCUT2D eigenvalue weighted by Crippen LogP contribution is 2.00. The Morgan fingerprint density at radius 2 is 2.18 bits per heavy atom. The first-order chi connectivity index (χ1) is 5.27. The molecule has 0 fully saturated rings. The Kier molecular flexibility index (Phi) is 1.21. The summed E-state index contributed by atoms with van der Waals surface area (Å²) in [6, 6.07) is 0. The summed E-state index contributed by atoms with van der Waals surface area (Å²) in [5.74, 6) is 0. The van der Waals surface area contributed by atoms with Crippen molar-refractivity contribution in [2.45, 2.75) is 6.92 Å². The number of hydrogen-bond acceptors (Lipinski definition) is 2. The molecule has 52 valence electrons. The van der Waals surface area contributed by atoms with Gasteiger partial charge in [0, 0.05) is 23.7 Å². The molecule has 0 bridgehead atoms. The first-order valence-corrected chi connectivity index (χ1v) is 3.32. The van der Waals surface area contributed by atoms with Gasteiger partial charge in [-0.15, -0.1) is 0 Å². The highest BCUT2D eigenvalue weighted by atomic mass is 15.0. The third kappa shape index (κ3) is 0.907. The van der Waals surface area contributed by atoms with E-state index in [0.29, 0.717) is 5.59 Å². The Morgan fingerprint density at radius 3 is 3.00 bits per heavy atom. The van der Waals surface area contributed by atoms with Crippen molar-refractivity contribution in [3.05, 3.63) is 24.3 Å². The lowest BCUT2D eigenvalue weighted by molar-refractivity contribution is 1.09. The van der Waals surface area contributed by atoms with Gasteiger partial charge in [-0.25, -0.2) is 4.98 Å². The molecule has 0 spiro atoms. The molecule has 2 heterocycles. The fourth-order valence-electron chi connectivity index (χ4n) is 1.03. The predicted octanol–water partition coefficient (Wildman–Crippen LogP) is -0.168. The van der Waals surface area contributed by atoms with Gasteiger partial charge < -0.3 is 4.40 Å². The van der Waals surface area contributed by atoms with Crippen LogP contribution in [0.3, 0.4) is 0 Å². The molecule has 0 aromatic carbocycles. The Morgan fingerprint density at radius 1 is 1.36 bits per heavy atom. The first kappa shape index (κ1) is 6.40. The minimum Gasteiger partial charge on any atom is -0.302 e. The number of aryl methyl sites for hydroxylation is 1. The maximum absolute atomic E-state index is 5.49. The molecule has 0 aliphatic carbocycles. The van der Waals surface area contributed by atoms with E-state index in [1.165, 1.54) is 0 Å². The molecule has 2 aromatic rings. The predicted molar refractivity (Wildman–Crippen MR) is 43.1 cm³/mol. The summed E-state index contributed by atoms with van der Waals surface area (Å²) in [4.78, 5) is 8.02. The topological polar surface area (TPSA) is 30.2 Å². The SMILES string of the molecule is [B]c1cn2c(C)cnc2cn1. The van der Waals surface area contributed by atoms with Crippen LogP contribution in [0.5, 0.6) is 0 Å². The Labute approximate surface area is 65.5 Å². The Hall–Kier alpha value is -1.32. The molecule has 0 saturated carbocycles. The lowest BCUT2D eigenvalue weighted by Crippen LogP contribution is -2.10. The van der Waals surface area contributed by atoms with Gasteiger partial charge >= 0.3 is 0 Å². The van der Waals surface area contributed by atoms with E-state index >= 15 is 0 Å². The van der Waals surface area contributed by atoms with E-state index in [4.69, 9.17) is 7.85 Å². The molecule has 0 unspecified atom stereocenters. The van der Waals surface area contributed by atoms with Crippen molar-refractivity contribution in [3.63, 3.8) is 0 Å². The monoisotopic (exact) mass is 143 g/mol. The van der Waals surface area contributed by atoms with Crippen LogP contribution in [0.1, 0.15) is 5.69 Å². The molecule has 0 atom stereocenters. The van der Waals surface area contributed by atoms with Crippen LogP contribution in [-0.4, -0.2) is 22.2 Å². The number of rotatable bonds is 0. The molecule has 3 nitrogen and oxygen atoms in total. The van der Waals surface area contributed by atoms with Crippen molar-refractivity contribution in [2.24, 2.45) is 0 Å². The van der Waals surface area contributed by atoms with Crippen molar-refractivity contribution in [3.8, 4) is 0 Å². The van der Waals surface area contributed by atoms with Crippen LogP contribution in [-0.2, 0) is 0 Å². The zero-order chi connectivity index (χ0) is 7.84. The van der Waals surface area contributed by atoms with Gasteiger partial charge in [-0.3, -0.25) is 4.98 Å². The van der Waals surface area contributed by atoms with Crippen LogP contribution in [0, 0.1) is 6.92 Å². The fourth-order valence-corrected chi connectivity index (χ4v) is 1.03. The molecule has 0 saturated heterocycles. The van der Waals surface area contributed by atoms with Crippen molar-refractivity contribution >= 4 is 19.1 Å². The van der Waals surface area contributed by atoms with E-state index < -0.39 is 0 Å². The van der Waals surface area contributed by atoms with Crippen LogP contribution in [0.2, 0.25) is 0 Å². The number of hydrogen-bond donors (Lipinski definition) is 0. The fraction of sp³-hybridized carbons (Fsp3) is 0.143. The summed E-state index contributed by atoms with van der Waals surface area (Å²) in [6.07, 6.45) is 5.20. The van der Waals surface area contributed by atoms with Gasteiger partial charge in [0.25, 0.3) is 0 Å². The van der Waals surface area contributed by atoms with Crippen LogP contribution in [0.15, 0.2) is 18.6 Å². The van der Waals surface area contributed by atoms with Gasteiger partial charge in [-0.1, -0.05) is 0 Å². The molecule has 0 aliphatic rings. The molecule has 2 rings (SSSR count). The van der Waals surface area contributed by atoms with Gasteiger partial charge in [0.1, 0.15) is 7.85 Å². The number of imidazole rings is 1. The summed E-state index contributed by atoms with van der Waals surface area (Å²) >= 11 is 0. The minimum atomic E-state index is 0.513. The summed E-state index contributed by atoms with van der Waals surface area (Å²) in [5, 5.41) is 0.